The molecule has 0 aliphatic heterocycles. The largest absolute Gasteiger partial charge is 0.396 e. The summed E-state index contributed by atoms with van der Waals surface area (Å²) in [7, 11) is -1.42. The van der Waals surface area contributed by atoms with Gasteiger partial charge in [-0.05, 0) is 5.56 Å². The lowest BCUT2D eigenvalue weighted by molar-refractivity contribution is 1.05. The first-order valence-electron chi connectivity index (χ1n) is 6.96. The summed E-state index contributed by atoms with van der Waals surface area (Å²) in [6.45, 7) is 7.57. The molecular formula is C17H22N2Si. The highest BCUT2D eigenvalue weighted by Gasteiger charge is 2.16. The SMILES string of the molecule is C[Si](C)(C)NC(=NCc1ccccc1)c1ccccc1. The number of nitrogens with zero attached hydrogens (tertiary/aromatic N) is 1. The topological polar surface area (TPSA) is 24.4 Å². The highest BCUT2D eigenvalue weighted by molar-refractivity contribution is 6.76. The maximum absolute atomic E-state index is 4.79. The highest BCUT2D eigenvalue weighted by Crippen LogP contribution is 2.07. The first kappa shape index (κ1) is 14.5. The van der Waals surface area contributed by atoms with E-state index in [0.717, 1.165) is 11.4 Å². The van der Waals surface area contributed by atoms with Gasteiger partial charge in [-0.15, -0.1) is 0 Å². The number of aliphatic imine (C=N–C) groups is 1. The molecule has 0 saturated heterocycles. The molecule has 20 heavy (non-hydrogen) atoms. The van der Waals surface area contributed by atoms with E-state index >= 15 is 0 Å². The predicted molar refractivity (Wildman–Crippen MR) is 89.6 cm³/mol. The lowest BCUT2D eigenvalue weighted by Gasteiger charge is -2.21. The maximum atomic E-state index is 4.79. The van der Waals surface area contributed by atoms with Gasteiger partial charge < -0.3 is 4.98 Å². The van der Waals surface area contributed by atoms with Crippen molar-refractivity contribution in [1.29, 1.82) is 0 Å². The first-order valence-corrected chi connectivity index (χ1v) is 10.5. The van der Waals surface area contributed by atoms with Crippen LogP contribution in [0, 0.1) is 0 Å². The molecule has 0 heterocycles. The van der Waals surface area contributed by atoms with Crippen molar-refractivity contribution in [2.24, 2.45) is 4.99 Å². The van der Waals surface area contributed by atoms with Crippen LogP contribution in [0.15, 0.2) is 65.7 Å². The lowest BCUT2D eigenvalue weighted by Crippen LogP contribution is -2.45. The van der Waals surface area contributed by atoms with Gasteiger partial charge in [0.15, 0.2) is 0 Å². The zero-order chi connectivity index (χ0) is 14.4. The van der Waals surface area contributed by atoms with Gasteiger partial charge in [0.2, 0.25) is 0 Å². The molecular weight excluding hydrogens is 260 g/mol. The van der Waals surface area contributed by atoms with E-state index in [0.29, 0.717) is 6.54 Å². The Hall–Kier alpha value is -1.87. The zero-order valence-corrected chi connectivity index (χ0v) is 13.4. The van der Waals surface area contributed by atoms with Gasteiger partial charge in [-0.1, -0.05) is 80.3 Å². The normalized spacial score (nSPS) is 12.2. The van der Waals surface area contributed by atoms with E-state index < -0.39 is 8.24 Å². The average molecular weight is 282 g/mol. The Balaban J connectivity index is 2.22. The number of benzene rings is 2. The first-order chi connectivity index (χ1) is 9.54. The molecule has 0 radical (unpaired) electrons. The number of rotatable bonds is 4. The minimum absolute atomic E-state index is 0.711. The van der Waals surface area contributed by atoms with Crippen molar-refractivity contribution >= 4 is 14.1 Å². The molecule has 0 aromatic heterocycles. The fraction of sp³-hybridized carbons (Fsp3) is 0.235. The summed E-state index contributed by atoms with van der Waals surface area (Å²) in [6.07, 6.45) is 0. The van der Waals surface area contributed by atoms with Gasteiger partial charge in [0.25, 0.3) is 0 Å². The molecule has 0 aliphatic rings. The molecule has 0 bridgehead atoms. The van der Waals surface area contributed by atoms with Crippen LogP contribution in [-0.2, 0) is 6.54 Å². The van der Waals surface area contributed by atoms with Crippen molar-refractivity contribution in [3.63, 3.8) is 0 Å². The highest BCUT2D eigenvalue weighted by atomic mass is 28.3. The second-order valence-corrected chi connectivity index (χ2v) is 10.6. The van der Waals surface area contributed by atoms with Crippen LogP contribution in [0.3, 0.4) is 0 Å². The van der Waals surface area contributed by atoms with Crippen LogP contribution >= 0.6 is 0 Å². The van der Waals surface area contributed by atoms with Gasteiger partial charge in [0, 0.05) is 5.56 Å². The minimum Gasteiger partial charge on any atom is -0.396 e. The molecule has 0 aliphatic carbocycles. The molecule has 0 unspecified atom stereocenters. The summed E-state index contributed by atoms with van der Waals surface area (Å²) < 4.78 is 0. The van der Waals surface area contributed by atoms with E-state index in [1.807, 2.05) is 12.1 Å². The van der Waals surface area contributed by atoms with Gasteiger partial charge in [-0.3, -0.25) is 4.99 Å². The second kappa shape index (κ2) is 6.53. The third-order valence-corrected chi connectivity index (χ3v) is 3.79. The lowest BCUT2D eigenvalue weighted by atomic mass is 10.2. The smallest absolute Gasteiger partial charge is 0.145 e. The van der Waals surface area contributed by atoms with Crippen LogP contribution in [0.25, 0.3) is 0 Å². The molecule has 0 atom stereocenters. The van der Waals surface area contributed by atoms with Crippen molar-refractivity contribution in [3.8, 4) is 0 Å². The summed E-state index contributed by atoms with van der Waals surface area (Å²) in [5.74, 6) is 1.01. The van der Waals surface area contributed by atoms with Crippen LogP contribution < -0.4 is 4.98 Å². The molecule has 2 aromatic rings. The van der Waals surface area contributed by atoms with E-state index in [9.17, 15) is 0 Å². The van der Waals surface area contributed by atoms with Crippen molar-refractivity contribution in [3.05, 3.63) is 71.8 Å². The molecule has 104 valence electrons. The van der Waals surface area contributed by atoms with Gasteiger partial charge >= 0.3 is 0 Å². The Kier molecular flexibility index (Phi) is 4.74. The molecule has 3 heteroatoms. The number of amidine groups is 1. The molecule has 0 spiro atoms. The van der Waals surface area contributed by atoms with Crippen molar-refractivity contribution in [2.75, 3.05) is 0 Å². The number of nitrogens with one attached hydrogen (secondary N) is 1. The van der Waals surface area contributed by atoms with E-state index in [1.54, 1.807) is 0 Å². The Morgan fingerprint density at radius 1 is 0.900 bits per heavy atom. The second-order valence-electron chi connectivity index (χ2n) is 5.89. The van der Waals surface area contributed by atoms with Gasteiger partial charge in [-0.2, -0.15) is 0 Å². The maximum Gasteiger partial charge on any atom is 0.145 e. The fourth-order valence-electron chi connectivity index (χ4n) is 1.91. The molecule has 1 N–H and O–H groups in total. The summed E-state index contributed by atoms with van der Waals surface area (Å²) in [5, 5.41) is 0. The van der Waals surface area contributed by atoms with Crippen LogP contribution in [0.1, 0.15) is 11.1 Å². The van der Waals surface area contributed by atoms with Gasteiger partial charge in [-0.25, -0.2) is 0 Å². The average Bonchev–Trinajstić information content (AvgIpc) is 2.44. The standard InChI is InChI=1S/C17H22N2Si/c1-20(2,3)19-17(16-12-8-5-9-13-16)18-14-15-10-6-4-7-11-15/h4-13H,14H2,1-3H3,(H,18,19). The van der Waals surface area contributed by atoms with E-state index in [1.165, 1.54) is 5.56 Å². The Labute approximate surface area is 122 Å². The van der Waals surface area contributed by atoms with Crippen LogP contribution in [0.5, 0.6) is 0 Å². The molecule has 2 nitrogen and oxygen atoms in total. The molecule has 2 aromatic carbocycles. The third kappa shape index (κ3) is 4.66. The summed E-state index contributed by atoms with van der Waals surface area (Å²) in [4.78, 5) is 8.42. The quantitative estimate of drug-likeness (QED) is 0.510. The zero-order valence-electron chi connectivity index (χ0n) is 12.4. The van der Waals surface area contributed by atoms with Crippen molar-refractivity contribution < 1.29 is 0 Å². The molecule has 0 saturated carbocycles. The van der Waals surface area contributed by atoms with Gasteiger partial charge in [0.05, 0.1) is 6.54 Å². The van der Waals surface area contributed by atoms with Crippen molar-refractivity contribution in [1.82, 2.24) is 4.98 Å². The summed E-state index contributed by atoms with van der Waals surface area (Å²) in [5.41, 5.74) is 2.39. The Morgan fingerprint density at radius 3 is 2.00 bits per heavy atom. The minimum atomic E-state index is -1.42. The fourth-order valence-corrected chi connectivity index (χ4v) is 2.84. The number of hydrogen-bond donors (Lipinski definition) is 1. The van der Waals surface area contributed by atoms with Crippen LogP contribution in [-0.4, -0.2) is 14.1 Å². The number of hydrogen-bond acceptors (Lipinski definition) is 1. The van der Waals surface area contributed by atoms with E-state index in [2.05, 4.69) is 73.2 Å². The monoisotopic (exact) mass is 282 g/mol. The summed E-state index contributed by atoms with van der Waals surface area (Å²) in [6, 6.07) is 20.7. The molecule has 0 fully saturated rings. The van der Waals surface area contributed by atoms with Crippen LogP contribution in [0.4, 0.5) is 0 Å². The summed E-state index contributed by atoms with van der Waals surface area (Å²) >= 11 is 0. The van der Waals surface area contributed by atoms with E-state index in [-0.39, 0.29) is 0 Å². The van der Waals surface area contributed by atoms with E-state index in [4.69, 9.17) is 4.99 Å². The Morgan fingerprint density at radius 2 is 1.45 bits per heavy atom. The molecule has 2 rings (SSSR count). The van der Waals surface area contributed by atoms with Crippen LogP contribution in [0.2, 0.25) is 19.6 Å². The van der Waals surface area contributed by atoms with Crippen molar-refractivity contribution in [2.45, 2.75) is 26.2 Å². The predicted octanol–water partition coefficient (Wildman–Crippen LogP) is 4.06. The molecule has 0 amide bonds. The Bertz CT molecular complexity index is 557. The van der Waals surface area contributed by atoms with Gasteiger partial charge in [0.1, 0.15) is 14.1 Å². The third-order valence-electron chi connectivity index (χ3n) is 2.80.